The molecule has 0 bridgehead atoms. The van der Waals surface area contributed by atoms with E-state index in [1.54, 1.807) is 5.51 Å². The molecule has 0 spiro atoms. The topological polar surface area (TPSA) is 87.1 Å². The van der Waals surface area contributed by atoms with Gasteiger partial charge in [-0.1, -0.05) is 29.9 Å². The Balaban J connectivity index is 1.58. The van der Waals surface area contributed by atoms with Crippen molar-refractivity contribution in [3.63, 3.8) is 0 Å². The van der Waals surface area contributed by atoms with Gasteiger partial charge in [0.05, 0.1) is 6.54 Å². The molecule has 3 rings (SSSR count). The Labute approximate surface area is 155 Å². The molecule has 3 heterocycles. The molecule has 0 unspecified atom stereocenters. The predicted octanol–water partition coefficient (Wildman–Crippen LogP) is 1.61. The summed E-state index contributed by atoms with van der Waals surface area (Å²) < 4.78 is 0. The highest BCUT2D eigenvalue weighted by Gasteiger charge is 2.23. The molecule has 0 aromatic carbocycles. The molecule has 0 aliphatic carbocycles. The number of amides is 1. The van der Waals surface area contributed by atoms with Gasteiger partial charge >= 0.3 is 0 Å². The van der Waals surface area contributed by atoms with Gasteiger partial charge in [-0.3, -0.25) is 15.0 Å². The van der Waals surface area contributed by atoms with E-state index in [2.05, 4.69) is 42.2 Å². The van der Waals surface area contributed by atoms with Crippen LogP contribution in [0.3, 0.4) is 0 Å². The smallest absolute Gasteiger partial charge is 0.240 e. The lowest BCUT2D eigenvalue weighted by molar-refractivity contribution is -0.117. The van der Waals surface area contributed by atoms with Crippen molar-refractivity contribution in [1.82, 2.24) is 25.1 Å². The number of aryl methyl sites for hydroxylation is 1. The molecule has 1 aliphatic rings. The van der Waals surface area contributed by atoms with E-state index in [9.17, 15) is 4.79 Å². The Morgan fingerprint density at radius 1 is 1.32 bits per heavy atom. The van der Waals surface area contributed by atoms with Gasteiger partial charge in [-0.2, -0.15) is 0 Å². The van der Waals surface area contributed by atoms with Crippen LogP contribution in [0.5, 0.6) is 0 Å². The molecule has 1 aliphatic heterocycles. The average molecular weight is 382 g/mol. The highest BCUT2D eigenvalue weighted by atomic mass is 35.5. The molecule has 2 aromatic heterocycles. The molecule has 134 valence electrons. The zero-order valence-electron chi connectivity index (χ0n) is 14.2. The number of anilines is 2. The van der Waals surface area contributed by atoms with E-state index in [0.29, 0.717) is 22.7 Å². The molecule has 8 nitrogen and oxygen atoms in total. The van der Waals surface area contributed by atoms with Crippen LogP contribution in [-0.4, -0.2) is 63.7 Å². The summed E-state index contributed by atoms with van der Waals surface area (Å²) in [6.45, 7) is 7.41. The molecule has 2 aromatic rings. The third kappa shape index (κ3) is 4.42. The summed E-state index contributed by atoms with van der Waals surface area (Å²) in [4.78, 5) is 25.2. The lowest BCUT2D eigenvalue weighted by atomic mass is 10.2. The molecular formula is C15H20ClN7OS. The van der Waals surface area contributed by atoms with Crippen LogP contribution in [0.25, 0.3) is 0 Å². The van der Waals surface area contributed by atoms with Crippen molar-refractivity contribution < 1.29 is 4.79 Å². The fraction of sp³-hybridized carbons (Fsp3) is 0.533. The maximum absolute atomic E-state index is 12.1. The Morgan fingerprint density at radius 2 is 2.08 bits per heavy atom. The Kier molecular flexibility index (Phi) is 5.77. The Morgan fingerprint density at radius 3 is 2.72 bits per heavy atom. The standard InChI is InChI=1S/C15H20ClN7OS/c1-3-11-13(16)18-10(2)19-14(11)23-6-4-22(5-7-23)8-12(24)20-15-21-17-9-25-15/h9H,3-8H2,1-2H3,(H,20,21,24). The quantitative estimate of drug-likeness (QED) is 0.787. The molecule has 1 amide bonds. The third-order valence-corrected chi connectivity index (χ3v) is 4.96. The molecule has 1 N–H and O–H groups in total. The monoisotopic (exact) mass is 381 g/mol. The van der Waals surface area contributed by atoms with E-state index in [0.717, 1.165) is 44.0 Å². The van der Waals surface area contributed by atoms with E-state index in [4.69, 9.17) is 11.6 Å². The lowest BCUT2D eigenvalue weighted by Crippen LogP contribution is -2.49. The first kappa shape index (κ1) is 18.0. The first-order valence-electron chi connectivity index (χ1n) is 8.13. The van der Waals surface area contributed by atoms with Crippen molar-refractivity contribution in [2.45, 2.75) is 20.3 Å². The van der Waals surface area contributed by atoms with Crippen LogP contribution in [0.15, 0.2) is 5.51 Å². The average Bonchev–Trinajstić information content (AvgIpc) is 3.07. The summed E-state index contributed by atoms with van der Waals surface area (Å²) in [6, 6.07) is 0. The summed E-state index contributed by atoms with van der Waals surface area (Å²) in [7, 11) is 0. The van der Waals surface area contributed by atoms with Gasteiger partial charge < -0.3 is 4.90 Å². The molecule has 0 saturated carbocycles. The second kappa shape index (κ2) is 8.03. The number of nitrogens with zero attached hydrogens (tertiary/aromatic N) is 6. The maximum atomic E-state index is 12.1. The van der Waals surface area contributed by atoms with Crippen LogP contribution in [0.4, 0.5) is 10.9 Å². The fourth-order valence-corrected chi connectivity index (χ4v) is 3.62. The number of carbonyl (C=O) groups excluding carboxylic acids is 1. The van der Waals surface area contributed by atoms with Gasteiger partial charge in [0, 0.05) is 31.7 Å². The molecule has 0 atom stereocenters. The number of hydrogen-bond acceptors (Lipinski definition) is 8. The largest absolute Gasteiger partial charge is 0.354 e. The number of carbonyl (C=O) groups is 1. The Hall–Kier alpha value is -1.84. The van der Waals surface area contributed by atoms with Crippen LogP contribution in [0.1, 0.15) is 18.3 Å². The second-order valence-electron chi connectivity index (χ2n) is 5.77. The first-order chi connectivity index (χ1) is 12.1. The fourth-order valence-electron chi connectivity index (χ4n) is 2.82. The minimum atomic E-state index is -0.0691. The summed E-state index contributed by atoms with van der Waals surface area (Å²) >= 11 is 7.58. The highest BCUT2D eigenvalue weighted by molar-refractivity contribution is 7.13. The maximum Gasteiger partial charge on any atom is 0.240 e. The van der Waals surface area contributed by atoms with Gasteiger partial charge in [0.15, 0.2) is 0 Å². The second-order valence-corrected chi connectivity index (χ2v) is 6.96. The summed E-state index contributed by atoms with van der Waals surface area (Å²) in [6.07, 6.45) is 0.791. The minimum Gasteiger partial charge on any atom is -0.354 e. The van der Waals surface area contributed by atoms with E-state index < -0.39 is 0 Å². The van der Waals surface area contributed by atoms with Crippen LogP contribution in [0.2, 0.25) is 5.15 Å². The number of aromatic nitrogens is 4. The van der Waals surface area contributed by atoms with Gasteiger partial charge in [0.1, 0.15) is 22.3 Å². The lowest BCUT2D eigenvalue weighted by Gasteiger charge is -2.35. The zero-order valence-corrected chi connectivity index (χ0v) is 15.8. The number of halogens is 1. The molecule has 10 heteroatoms. The molecule has 25 heavy (non-hydrogen) atoms. The number of hydrogen-bond donors (Lipinski definition) is 1. The highest BCUT2D eigenvalue weighted by Crippen LogP contribution is 2.26. The SMILES string of the molecule is CCc1c(Cl)nc(C)nc1N1CCN(CC(=O)Nc2nncs2)CC1. The summed E-state index contributed by atoms with van der Waals surface area (Å²) in [5, 5.41) is 11.3. The van der Waals surface area contributed by atoms with E-state index >= 15 is 0 Å². The molecule has 0 radical (unpaired) electrons. The van der Waals surface area contributed by atoms with Gasteiger partial charge in [-0.05, 0) is 13.3 Å². The molecular weight excluding hydrogens is 362 g/mol. The predicted molar refractivity (Wildman–Crippen MR) is 98.3 cm³/mol. The van der Waals surface area contributed by atoms with Crippen molar-refractivity contribution >= 4 is 39.8 Å². The van der Waals surface area contributed by atoms with Crippen LogP contribution in [-0.2, 0) is 11.2 Å². The normalized spacial score (nSPS) is 15.4. The van der Waals surface area contributed by atoms with Crippen molar-refractivity contribution in [3.8, 4) is 0 Å². The van der Waals surface area contributed by atoms with E-state index in [-0.39, 0.29) is 5.91 Å². The van der Waals surface area contributed by atoms with Crippen molar-refractivity contribution in [2.75, 3.05) is 42.9 Å². The number of piperazine rings is 1. The van der Waals surface area contributed by atoms with Gasteiger partial charge in [0.25, 0.3) is 0 Å². The van der Waals surface area contributed by atoms with Crippen LogP contribution >= 0.6 is 22.9 Å². The summed E-state index contributed by atoms with van der Waals surface area (Å²) in [5.74, 6) is 1.52. The van der Waals surface area contributed by atoms with Crippen molar-refractivity contribution in [3.05, 3.63) is 22.1 Å². The summed E-state index contributed by atoms with van der Waals surface area (Å²) in [5.41, 5.74) is 2.57. The van der Waals surface area contributed by atoms with Crippen LogP contribution in [0, 0.1) is 6.92 Å². The third-order valence-electron chi connectivity index (χ3n) is 4.05. The first-order valence-corrected chi connectivity index (χ1v) is 9.39. The number of nitrogens with one attached hydrogen (secondary N) is 1. The van der Waals surface area contributed by atoms with Crippen molar-refractivity contribution in [2.24, 2.45) is 0 Å². The molecule has 1 saturated heterocycles. The van der Waals surface area contributed by atoms with E-state index in [1.807, 2.05) is 6.92 Å². The van der Waals surface area contributed by atoms with Crippen molar-refractivity contribution in [1.29, 1.82) is 0 Å². The molecule has 1 fully saturated rings. The number of rotatable bonds is 5. The van der Waals surface area contributed by atoms with Gasteiger partial charge in [0.2, 0.25) is 11.0 Å². The van der Waals surface area contributed by atoms with Gasteiger partial charge in [-0.25, -0.2) is 9.97 Å². The van der Waals surface area contributed by atoms with Gasteiger partial charge in [-0.15, -0.1) is 10.2 Å². The van der Waals surface area contributed by atoms with Crippen LogP contribution < -0.4 is 10.2 Å². The Bertz CT molecular complexity index is 732. The zero-order chi connectivity index (χ0) is 17.8. The van der Waals surface area contributed by atoms with E-state index in [1.165, 1.54) is 11.3 Å². The minimum absolute atomic E-state index is 0.0691.